The lowest BCUT2D eigenvalue weighted by molar-refractivity contribution is -0.120. The van der Waals surface area contributed by atoms with E-state index in [1.54, 1.807) is 10.7 Å². The molecule has 2 N–H and O–H groups in total. The molecule has 2 rings (SSSR count). The lowest BCUT2D eigenvalue weighted by Crippen LogP contribution is -2.37. The molecule has 0 aliphatic heterocycles. The number of carbonyl (C=O) groups is 2. The van der Waals surface area contributed by atoms with Crippen LogP contribution in [-0.4, -0.2) is 28.1 Å². The number of carbonyl (C=O) groups excluding carboxylic acids is 2. The van der Waals surface area contributed by atoms with Crippen LogP contribution in [0, 0.1) is 6.92 Å². The molecule has 0 radical (unpaired) electrons. The van der Waals surface area contributed by atoms with E-state index in [1.165, 1.54) is 0 Å². The molecule has 0 aliphatic carbocycles. The van der Waals surface area contributed by atoms with Crippen LogP contribution in [0.4, 0.5) is 0 Å². The maximum Gasteiger partial charge on any atom is 0.269 e. The van der Waals surface area contributed by atoms with Gasteiger partial charge in [0.15, 0.2) is 0 Å². The molecule has 116 valence electrons. The molecule has 6 nitrogen and oxygen atoms in total. The summed E-state index contributed by atoms with van der Waals surface area (Å²) in [6.07, 6.45) is 0. The van der Waals surface area contributed by atoms with Gasteiger partial charge in [0.1, 0.15) is 5.69 Å². The second-order valence-corrected chi connectivity index (χ2v) is 4.93. The van der Waals surface area contributed by atoms with Gasteiger partial charge in [-0.2, -0.15) is 5.10 Å². The van der Waals surface area contributed by atoms with E-state index >= 15 is 0 Å². The predicted octanol–water partition coefficient (Wildman–Crippen LogP) is 1.26. The molecule has 1 aromatic heterocycles. The molecule has 2 amide bonds. The second-order valence-electron chi connectivity index (χ2n) is 4.93. The van der Waals surface area contributed by atoms with Crippen molar-refractivity contribution in [2.45, 2.75) is 26.9 Å². The number of hydrogen-bond acceptors (Lipinski definition) is 3. The number of nitrogens with one attached hydrogen (secondary N) is 2. The molecule has 22 heavy (non-hydrogen) atoms. The average Bonchev–Trinajstić information content (AvgIpc) is 2.92. The number of rotatable bonds is 6. The first-order valence-electron chi connectivity index (χ1n) is 7.23. The third-order valence-electron chi connectivity index (χ3n) is 3.18. The zero-order valence-corrected chi connectivity index (χ0v) is 12.8. The summed E-state index contributed by atoms with van der Waals surface area (Å²) in [5.41, 5.74) is 2.26. The Balaban J connectivity index is 1.81. The zero-order valence-electron chi connectivity index (χ0n) is 12.8. The molecular formula is C16H20N4O2. The Kier molecular flexibility index (Phi) is 5.30. The van der Waals surface area contributed by atoms with Crippen molar-refractivity contribution >= 4 is 11.8 Å². The molecule has 0 saturated carbocycles. The number of amides is 2. The topological polar surface area (TPSA) is 76.0 Å². The Morgan fingerprint density at radius 3 is 2.59 bits per heavy atom. The molecule has 6 heteroatoms. The summed E-state index contributed by atoms with van der Waals surface area (Å²) in [7, 11) is 0. The van der Waals surface area contributed by atoms with Crippen LogP contribution in [0.3, 0.4) is 0 Å². The number of hydrogen-bond donors (Lipinski definition) is 2. The van der Waals surface area contributed by atoms with Gasteiger partial charge in [0.25, 0.3) is 5.91 Å². The molecule has 0 fully saturated rings. The van der Waals surface area contributed by atoms with Gasteiger partial charge in [-0.25, -0.2) is 0 Å². The fraction of sp³-hybridized carbons (Fsp3) is 0.312. The van der Waals surface area contributed by atoms with Crippen LogP contribution in [0.25, 0.3) is 0 Å². The molecule has 0 saturated heterocycles. The van der Waals surface area contributed by atoms with Crippen molar-refractivity contribution in [1.82, 2.24) is 20.4 Å². The molecule has 1 heterocycles. The molecule has 0 spiro atoms. The van der Waals surface area contributed by atoms with Crippen LogP contribution >= 0.6 is 0 Å². The number of benzene rings is 1. The highest BCUT2D eigenvalue weighted by atomic mass is 16.2. The normalized spacial score (nSPS) is 10.3. The van der Waals surface area contributed by atoms with Gasteiger partial charge < -0.3 is 10.6 Å². The Labute approximate surface area is 129 Å². The third-order valence-corrected chi connectivity index (χ3v) is 3.18. The monoisotopic (exact) mass is 300 g/mol. The molecule has 0 bridgehead atoms. The maximum atomic E-state index is 12.1. The number of aryl methyl sites for hydroxylation is 2. The summed E-state index contributed by atoms with van der Waals surface area (Å²) in [6, 6.07) is 11.3. The second kappa shape index (κ2) is 7.40. The summed E-state index contributed by atoms with van der Waals surface area (Å²) in [4.78, 5) is 23.8. The van der Waals surface area contributed by atoms with Gasteiger partial charge in [0.05, 0.1) is 12.2 Å². The van der Waals surface area contributed by atoms with Crippen LogP contribution in [0.1, 0.15) is 28.7 Å². The summed E-state index contributed by atoms with van der Waals surface area (Å²) in [5.74, 6) is -0.520. The first-order valence-corrected chi connectivity index (χ1v) is 7.23. The Morgan fingerprint density at radius 2 is 1.91 bits per heavy atom. The van der Waals surface area contributed by atoms with E-state index < -0.39 is 0 Å². The average molecular weight is 300 g/mol. The molecule has 0 atom stereocenters. The summed E-state index contributed by atoms with van der Waals surface area (Å²) < 4.78 is 1.62. The maximum absolute atomic E-state index is 12.1. The first-order chi connectivity index (χ1) is 10.6. The van der Waals surface area contributed by atoms with Gasteiger partial charge in [-0.1, -0.05) is 30.3 Å². The Hall–Kier alpha value is -2.63. The van der Waals surface area contributed by atoms with Gasteiger partial charge in [0.2, 0.25) is 5.91 Å². The summed E-state index contributed by atoms with van der Waals surface area (Å²) in [5, 5.41) is 9.58. The van der Waals surface area contributed by atoms with E-state index in [4.69, 9.17) is 0 Å². The van der Waals surface area contributed by atoms with Gasteiger partial charge >= 0.3 is 0 Å². The summed E-state index contributed by atoms with van der Waals surface area (Å²) in [6.45, 7) is 4.74. The van der Waals surface area contributed by atoms with E-state index in [0.29, 0.717) is 18.8 Å². The van der Waals surface area contributed by atoms with Crippen molar-refractivity contribution in [2.24, 2.45) is 0 Å². The van der Waals surface area contributed by atoms with Crippen LogP contribution in [0.2, 0.25) is 0 Å². The van der Waals surface area contributed by atoms with Gasteiger partial charge in [-0.05, 0) is 25.5 Å². The SMILES string of the molecule is CCn1nc(C)cc1C(=O)NCC(=O)NCc1ccccc1. The lowest BCUT2D eigenvalue weighted by atomic mass is 10.2. The molecule has 1 aromatic carbocycles. The quantitative estimate of drug-likeness (QED) is 0.843. The first kappa shape index (κ1) is 15.8. The third kappa shape index (κ3) is 4.18. The predicted molar refractivity (Wildman–Crippen MR) is 83.3 cm³/mol. The van der Waals surface area contributed by atoms with Crippen LogP contribution in [0.5, 0.6) is 0 Å². The van der Waals surface area contributed by atoms with Crippen molar-refractivity contribution in [3.8, 4) is 0 Å². The van der Waals surface area contributed by atoms with Gasteiger partial charge in [-0.3, -0.25) is 14.3 Å². The minimum Gasteiger partial charge on any atom is -0.350 e. The highest BCUT2D eigenvalue weighted by molar-refractivity contribution is 5.95. The van der Waals surface area contributed by atoms with Crippen molar-refractivity contribution in [3.63, 3.8) is 0 Å². The van der Waals surface area contributed by atoms with Gasteiger partial charge in [0, 0.05) is 13.1 Å². The van der Waals surface area contributed by atoms with E-state index in [1.807, 2.05) is 44.2 Å². The summed E-state index contributed by atoms with van der Waals surface area (Å²) >= 11 is 0. The minimum absolute atomic E-state index is 0.0559. The highest BCUT2D eigenvalue weighted by Gasteiger charge is 2.13. The van der Waals surface area contributed by atoms with Crippen LogP contribution in [-0.2, 0) is 17.9 Å². The van der Waals surface area contributed by atoms with Crippen molar-refractivity contribution in [2.75, 3.05) is 6.54 Å². The van der Waals surface area contributed by atoms with E-state index in [-0.39, 0.29) is 18.4 Å². The fourth-order valence-corrected chi connectivity index (χ4v) is 2.08. The Morgan fingerprint density at radius 1 is 1.18 bits per heavy atom. The zero-order chi connectivity index (χ0) is 15.9. The molecule has 0 unspecified atom stereocenters. The van der Waals surface area contributed by atoms with E-state index in [2.05, 4.69) is 15.7 Å². The van der Waals surface area contributed by atoms with Crippen molar-refractivity contribution in [3.05, 3.63) is 53.3 Å². The van der Waals surface area contributed by atoms with Crippen molar-refractivity contribution < 1.29 is 9.59 Å². The largest absolute Gasteiger partial charge is 0.350 e. The minimum atomic E-state index is -0.294. The highest BCUT2D eigenvalue weighted by Crippen LogP contribution is 2.03. The smallest absolute Gasteiger partial charge is 0.269 e. The number of aromatic nitrogens is 2. The van der Waals surface area contributed by atoms with E-state index in [9.17, 15) is 9.59 Å². The molecule has 0 aliphatic rings. The number of nitrogens with zero attached hydrogens (tertiary/aromatic N) is 2. The molecule has 2 aromatic rings. The Bertz CT molecular complexity index is 649. The van der Waals surface area contributed by atoms with Crippen LogP contribution < -0.4 is 10.6 Å². The van der Waals surface area contributed by atoms with Crippen LogP contribution in [0.15, 0.2) is 36.4 Å². The molecular weight excluding hydrogens is 280 g/mol. The fourth-order valence-electron chi connectivity index (χ4n) is 2.08. The lowest BCUT2D eigenvalue weighted by Gasteiger charge is -2.08. The van der Waals surface area contributed by atoms with Crippen molar-refractivity contribution in [1.29, 1.82) is 0 Å². The van der Waals surface area contributed by atoms with E-state index in [0.717, 1.165) is 11.3 Å². The van der Waals surface area contributed by atoms with Gasteiger partial charge in [-0.15, -0.1) is 0 Å². The standard InChI is InChI=1S/C16H20N4O2/c1-3-20-14(9-12(2)19-20)16(22)18-11-15(21)17-10-13-7-5-4-6-8-13/h4-9H,3,10-11H2,1-2H3,(H,17,21)(H,18,22).